The zero-order chi connectivity index (χ0) is 23.0. The first-order valence-electron chi connectivity index (χ1n) is 10.4. The minimum atomic E-state index is -2.82. The van der Waals surface area contributed by atoms with Gasteiger partial charge >= 0.3 is 6.43 Å². The number of nitrogens with zero attached hydrogens (tertiary/aromatic N) is 3. The van der Waals surface area contributed by atoms with Crippen molar-refractivity contribution in [2.24, 2.45) is 5.73 Å². The van der Waals surface area contributed by atoms with Crippen LogP contribution < -0.4 is 21.7 Å². The second-order valence-electron chi connectivity index (χ2n) is 7.99. The Labute approximate surface area is 187 Å². The van der Waals surface area contributed by atoms with Gasteiger partial charge in [0.15, 0.2) is 0 Å². The minimum absolute atomic E-state index is 0.0127. The van der Waals surface area contributed by atoms with Crippen LogP contribution in [0.4, 0.5) is 14.5 Å². The van der Waals surface area contributed by atoms with E-state index in [-0.39, 0.29) is 11.8 Å². The number of nitrogens with one attached hydrogen (secondary N) is 3. The molecule has 1 atom stereocenters. The van der Waals surface area contributed by atoms with Crippen LogP contribution in [-0.4, -0.2) is 34.2 Å². The van der Waals surface area contributed by atoms with E-state index in [0.717, 1.165) is 29.8 Å². The Morgan fingerprint density at radius 2 is 2.18 bits per heavy atom. The number of rotatable bonds is 6. The highest BCUT2D eigenvalue weighted by Gasteiger charge is 2.48. The zero-order valence-electron chi connectivity index (χ0n) is 17.4. The topological polar surface area (TPSA) is 131 Å². The average Bonchev–Trinajstić information content (AvgIpc) is 3.55. The Morgan fingerprint density at radius 1 is 1.30 bits per heavy atom. The lowest BCUT2D eigenvalue weighted by Crippen LogP contribution is -2.36. The molecular formula is C22H21F2N7O2. The van der Waals surface area contributed by atoms with Gasteiger partial charge in [0.2, 0.25) is 11.8 Å². The molecular weight excluding hydrogens is 432 g/mol. The van der Waals surface area contributed by atoms with Gasteiger partial charge in [-0.3, -0.25) is 9.78 Å². The van der Waals surface area contributed by atoms with Crippen molar-refractivity contribution in [2.45, 2.75) is 24.8 Å². The van der Waals surface area contributed by atoms with Crippen molar-refractivity contribution < 1.29 is 18.0 Å². The van der Waals surface area contributed by atoms with Crippen molar-refractivity contribution in [3.8, 4) is 11.5 Å². The molecule has 4 heterocycles. The monoisotopic (exact) mass is 453 g/mol. The summed E-state index contributed by atoms with van der Waals surface area (Å²) in [5, 5.41) is 16.3. The van der Waals surface area contributed by atoms with Gasteiger partial charge < -0.3 is 26.1 Å². The molecule has 5 N–H and O–H groups in total. The minimum Gasteiger partial charge on any atom is -0.415 e. The first kappa shape index (κ1) is 21.0. The van der Waals surface area contributed by atoms with Gasteiger partial charge in [-0.05, 0) is 48.4 Å². The van der Waals surface area contributed by atoms with Crippen LogP contribution >= 0.6 is 0 Å². The largest absolute Gasteiger partial charge is 0.415 e. The summed E-state index contributed by atoms with van der Waals surface area (Å²) in [6, 6.07) is 9.12. The summed E-state index contributed by atoms with van der Waals surface area (Å²) in [7, 11) is 0. The normalized spacial score (nSPS) is 19.8. The Bertz CT molecular complexity index is 1220. The van der Waals surface area contributed by atoms with E-state index in [0.29, 0.717) is 30.0 Å². The molecule has 1 amide bonds. The molecule has 1 saturated heterocycles. The molecule has 1 fully saturated rings. The number of anilines is 1. The SMILES string of the molecule is N/C(=C\NCc1ccc(-c2nnc(C(F)F)o2)cn1)c1ccc2c(c1)[C@]1(CCNC1)C(=O)N2. The molecule has 3 aromatic rings. The van der Waals surface area contributed by atoms with Gasteiger partial charge in [0, 0.05) is 24.6 Å². The maximum absolute atomic E-state index is 12.6. The lowest BCUT2D eigenvalue weighted by Gasteiger charge is -2.20. The molecule has 11 heteroatoms. The van der Waals surface area contributed by atoms with Crippen molar-refractivity contribution in [1.82, 2.24) is 25.8 Å². The van der Waals surface area contributed by atoms with E-state index < -0.39 is 17.7 Å². The Balaban J connectivity index is 1.25. The summed E-state index contributed by atoms with van der Waals surface area (Å²) < 4.78 is 30.1. The van der Waals surface area contributed by atoms with Crippen molar-refractivity contribution >= 4 is 17.3 Å². The van der Waals surface area contributed by atoms with Crippen molar-refractivity contribution in [2.75, 3.05) is 18.4 Å². The maximum atomic E-state index is 12.6. The Hall–Kier alpha value is -3.86. The van der Waals surface area contributed by atoms with Crippen LogP contribution in [0, 0.1) is 0 Å². The highest BCUT2D eigenvalue weighted by molar-refractivity contribution is 6.07. The van der Waals surface area contributed by atoms with Crippen LogP contribution in [0.2, 0.25) is 0 Å². The molecule has 2 aliphatic rings. The van der Waals surface area contributed by atoms with Gasteiger partial charge in [-0.2, -0.15) is 8.78 Å². The summed E-state index contributed by atoms with van der Waals surface area (Å²) in [5.74, 6) is -0.708. The predicted molar refractivity (Wildman–Crippen MR) is 116 cm³/mol. The maximum Gasteiger partial charge on any atom is 0.314 e. The van der Waals surface area contributed by atoms with Gasteiger partial charge in [-0.25, -0.2) is 0 Å². The number of pyridine rings is 1. The third-order valence-corrected chi connectivity index (χ3v) is 5.95. The first-order chi connectivity index (χ1) is 16.0. The van der Waals surface area contributed by atoms with Crippen molar-refractivity contribution in [3.05, 3.63) is 65.4 Å². The van der Waals surface area contributed by atoms with Crippen LogP contribution in [0.1, 0.15) is 35.6 Å². The fourth-order valence-corrected chi connectivity index (χ4v) is 4.15. The molecule has 0 radical (unpaired) electrons. The van der Waals surface area contributed by atoms with Crippen LogP contribution in [0.15, 0.2) is 47.1 Å². The number of alkyl halides is 2. The van der Waals surface area contributed by atoms with Crippen LogP contribution in [0.25, 0.3) is 17.2 Å². The lowest BCUT2D eigenvalue weighted by molar-refractivity contribution is -0.120. The number of hydrogen-bond donors (Lipinski definition) is 4. The molecule has 0 bridgehead atoms. The highest BCUT2D eigenvalue weighted by atomic mass is 19.3. The summed E-state index contributed by atoms with van der Waals surface area (Å²) in [4.78, 5) is 16.8. The number of aromatic nitrogens is 3. The summed E-state index contributed by atoms with van der Waals surface area (Å²) in [5.41, 5.74) is 10.0. The third-order valence-electron chi connectivity index (χ3n) is 5.95. The van der Waals surface area contributed by atoms with Crippen LogP contribution in [0.3, 0.4) is 0 Å². The standard InChI is InChI=1S/C22H21F2N7O2/c23-18(24)20-31-30-19(33-20)13-1-3-14(28-8-13)9-27-10-16(25)12-2-4-17-15(7-12)22(21(32)29-17)5-6-26-11-22/h1-4,7-8,10,18,26-27H,5-6,9,11,25H2,(H,29,32)/b16-10-/t22-/m1/s1. The van der Waals surface area contributed by atoms with E-state index in [9.17, 15) is 13.6 Å². The quantitative estimate of drug-likeness (QED) is 0.447. The number of carbonyl (C=O) groups is 1. The molecule has 1 aromatic carbocycles. The van der Waals surface area contributed by atoms with E-state index in [1.54, 1.807) is 18.3 Å². The Morgan fingerprint density at radius 3 is 2.88 bits per heavy atom. The molecule has 33 heavy (non-hydrogen) atoms. The van der Waals surface area contributed by atoms with Crippen LogP contribution in [0.5, 0.6) is 0 Å². The Kier molecular flexibility index (Phi) is 5.25. The van der Waals surface area contributed by atoms with Crippen LogP contribution in [-0.2, 0) is 16.8 Å². The van der Waals surface area contributed by atoms with E-state index in [4.69, 9.17) is 10.2 Å². The third kappa shape index (κ3) is 3.80. The van der Waals surface area contributed by atoms with Gasteiger partial charge in [-0.15, -0.1) is 10.2 Å². The van der Waals surface area contributed by atoms with E-state index >= 15 is 0 Å². The molecule has 170 valence electrons. The summed E-state index contributed by atoms with van der Waals surface area (Å²) >= 11 is 0. The molecule has 0 unspecified atom stereocenters. The molecule has 1 spiro atoms. The molecule has 9 nitrogen and oxygen atoms in total. The van der Waals surface area contributed by atoms with Gasteiger partial charge in [0.1, 0.15) is 0 Å². The van der Waals surface area contributed by atoms with Gasteiger partial charge in [-0.1, -0.05) is 6.07 Å². The number of carbonyl (C=O) groups excluding carboxylic acids is 1. The van der Waals surface area contributed by atoms with E-state index in [1.165, 1.54) is 6.20 Å². The van der Waals surface area contributed by atoms with Gasteiger partial charge in [0.05, 0.1) is 28.9 Å². The van der Waals surface area contributed by atoms with Crippen molar-refractivity contribution in [1.29, 1.82) is 0 Å². The number of nitrogens with two attached hydrogens (primary N) is 1. The second-order valence-corrected chi connectivity index (χ2v) is 7.99. The first-order valence-corrected chi connectivity index (χ1v) is 10.4. The lowest BCUT2D eigenvalue weighted by atomic mass is 9.80. The zero-order valence-corrected chi connectivity index (χ0v) is 17.4. The second kappa shape index (κ2) is 8.24. The number of fused-ring (bicyclic) bond motifs is 2. The van der Waals surface area contributed by atoms with Crippen molar-refractivity contribution in [3.63, 3.8) is 0 Å². The number of amides is 1. The van der Waals surface area contributed by atoms with E-state index in [1.807, 2.05) is 18.2 Å². The van der Waals surface area contributed by atoms with Gasteiger partial charge in [0.25, 0.3) is 5.89 Å². The smallest absolute Gasteiger partial charge is 0.314 e. The fourth-order valence-electron chi connectivity index (χ4n) is 4.15. The molecule has 2 aromatic heterocycles. The fraction of sp³-hybridized carbons (Fsp3) is 0.273. The number of hydrogen-bond acceptors (Lipinski definition) is 8. The molecule has 5 rings (SSSR count). The number of halogens is 2. The molecule has 2 aliphatic heterocycles. The summed E-state index contributed by atoms with van der Waals surface area (Å²) in [6.07, 6.45) is 1.11. The molecule has 0 saturated carbocycles. The highest BCUT2D eigenvalue weighted by Crippen LogP contribution is 2.42. The average molecular weight is 453 g/mol. The molecule has 0 aliphatic carbocycles. The summed E-state index contributed by atoms with van der Waals surface area (Å²) in [6.45, 7) is 1.81. The number of benzene rings is 1. The predicted octanol–water partition coefficient (Wildman–Crippen LogP) is 2.30. The van der Waals surface area contributed by atoms with E-state index in [2.05, 4.69) is 31.1 Å².